The minimum atomic E-state index is -3.44. The first-order chi connectivity index (χ1) is 5.00. The van der Waals surface area contributed by atoms with Crippen LogP contribution in [0.3, 0.4) is 0 Å². The zero-order valence-electron chi connectivity index (χ0n) is 6.94. The Bertz CT molecular complexity index is 342. The molecule has 12 heavy (non-hydrogen) atoms. The fourth-order valence-electron chi connectivity index (χ4n) is 0.705. The Labute approximate surface area is 99.4 Å². The van der Waals surface area contributed by atoms with Gasteiger partial charge in [0.2, 0.25) is 0 Å². The summed E-state index contributed by atoms with van der Waals surface area (Å²) >= 11 is 4.27. The molecule has 0 aliphatic carbocycles. The molecule has 0 radical (unpaired) electrons. The molecule has 0 aromatic heterocycles. The fraction of sp³-hybridized carbons (Fsp3) is 0.143. The van der Waals surface area contributed by atoms with E-state index in [-0.39, 0.29) is 34.5 Å². The summed E-state index contributed by atoms with van der Waals surface area (Å²) in [6.07, 6.45) is 0. The van der Waals surface area contributed by atoms with Gasteiger partial charge in [-0.25, -0.2) is 8.42 Å². The first-order valence-corrected chi connectivity index (χ1v) is 5.43. The fourth-order valence-corrected chi connectivity index (χ4v) is 1.51. The van der Waals surface area contributed by atoms with Crippen LogP contribution < -0.4 is 29.6 Å². The van der Waals surface area contributed by atoms with E-state index >= 15 is 0 Å². The third kappa shape index (κ3) is 3.49. The molecule has 0 aliphatic heterocycles. The number of hydrogen-bond acceptors (Lipinski definition) is 3. The molecular weight excluding hydrogens is 203 g/mol. The molecule has 1 rings (SSSR count). The second kappa shape index (κ2) is 4.67. The standard InChI is InChI=1S/C7H8O2S2.Na/c1-6-2-4-7(5-3-6)11(8,9)10;/h2-5H,1H3,(H,8,9,10);/q;+1/p-1. The van der Waals surface area contributed by atoms with Gasteiger partial charge in [-0.15, -0.1) is 0 Å². The summed E-state index contributed by atoms with van der Waals surface area (Å²) < 4.78 is 21.5. The van der Waals surface area contributed by atoms with Gasteiger partial charge in [0.25, 0.3) is 0 Å². The van der Waals surface area contributed by atoms with E-state index in [4.69, 9.17) is 0 Å². The Kier molecular flexibility index (Phi) is 4.87. The van der Waals surface area contributed by atoms with E-state index in [0.717, 1.165) is 5.56 Å². The van der Waals surface area contributed by atoms with Gasteiger partial charge in [-0.3, -0.25) is 0 Å². The zero-order valence-corrected chi connectivity index (χ0v) is 10.6. The molecule has 0 atom stereocenters. The van der Waals surface area contributed by atoms with E-state index < -0.39 is 8.87 Å². The zero-order chi connectivity index (χ0) is 8.48. The van der Waals surface area contributed by atoms with Crippen molar-refractivity contribution in [1.29, 1.82) is 0 Å². The van der Waals surface area contributed by atoms with Crippen molar-refractivity contribution in [2.75, 3.05) is 0 Å². The van der Waals surface area contributed by atoms with Crippen molar-refractivity contribution >= 4 is 20.5 Å². The van der Waals surface area contributed by atoms with Crippen molar-refractivity contribution in [1.82, 2.24) is 0 Å². The van der Waals surface area contributed by atoms with Crippen molar-refractivity contribution in [3.05, 3.63) is 29.8 Å². The number of hydrogen-bond donors (Lipinski definition) is 0. The predicted octanol–water partition coefficient (Wildman–Crippen LogP) is -1.77. The van der Waals surface area contributed by atoms with Crippen LogP contribution >= 0.6 is 0 Å². The van der Waals surface area contributed by atoms with Crippen LogP contribution in [-0.2, 0) is 20.5 Å². The summed E-state index contributed by atoms with van der Waals surface area (Å²) in [5.41, 5.74) is 1.02. The van der Waals surface area contributed by atoms with E-state index in [1.54, 1.807) is 12.1 Å². The molecule has 60 valence electrons. The Balaban J connectivity index is 0.00000121. The molecule has 0 spiro atoms. The van der Waals surface area contributed by atoms with Crippen LogP contribution in [-0.4, -0.2) is 8.42 Å². The van der Waals surface area contributed by atoms with Gasteiger partial charge in [-0.1, -0.05) is 17.7 Å². The molecule has 1 aromatic rings. The molecule has 1 aromatic carbocycles. The minimum absolute atomic E-state index is 0. The molecule has 0 fully saturated rings. The summed E-state index contributed by atoms with van der Waals surface area (Å²) in [7, 11) is -3.44. The molecule has 0 saturated carbocycles. The van der Waals surface area contributed by atoms with E-state index in [2.05, 4.69) is 11.7 Å². The van der Waals surface area contributed by atoms with Gasteiger partial charge in [0.05, 0.1) is 8.87 Å². The average molecular weight is 210 g/mol. The van der Waals surface area contributed by atoms with E-state index in [1.165, 1.54) is 12.1 Å². The molecule has 0 bridgehead atoms. The second-order valence-electron chi connectivity index (χ2n) is 2.27. The van der Waals surface area contributed by atoms with Crippen molar-refractivity contribution in [2.24, 2.45) is 0 Å². The summed E-state index contributed by atoms with van der Waals surface area (Å²) in [5.74, 6) is 0. The van der Waals surface area contributed by atoms with Crippen LogP contribution in [0.25, 0.3) is 0 Å². The van der Waals surface area contributed by atoms with Crippen molar-refractivity contribution in [3.8, 4) is 0 Å². The van der Waals surface area contributed by atoms with E-state index in [1.807, 2.05) is 6.92 Å². The van der Waals surface area contributed by atoms with Gasteiger partial charge in [0.15, 0.2) is 0 Å². The van der Waals surface area contributed by atoms with Gasteiger partial charge in [0, 0.05) is 4.90 Å². The Hall–Kier alpha value is 0.520. The molecule has 0 unspecified atom stereocenters. The normalized spacial score (nSPS) is 10.5. The summed E-state index contributed by atoms with van der Waals surface area (Å²) in [4.78, 5) is 0.193. The topological polar surface area (TPSA) is 34.1 Å². The molecule has 5 heteroatoms. The third-order valence-electron chi connectivity index (χ3n) is 1.31. The van der Waals surface area contributed by atoms with Gasteiger partial charge in [-0.2, -0.15) is 0 Å². The summed E-state index contributed by atoms with van der Waals surface area (Å²) in [5, 5.41) is 0. The van der Waals surface area contributed by atoms with Gasteiger partial charge >= 0.3 is 29.6 Å². The first-order valence-electron chi connectivity index (χ1n) is 3.03. The molecule has 0 heterocycles. The number of aryl methyl sites for hydroxylation is 1. The Morgan fingerprint density at radius 2 is 1.58 bits per heavy atom. The van der Waals surface area contributed by atoms with Crippen molar-refractivity contribution in [2.45, 2.75) is 11.8 Å². The minimum Gasteiger partial charge on any atom is -0.644 e. The van der Waals surface area contributed by atoms with Crippen molar-refractivity contribution in [3.63, 3.8) is 0 Å². The Morgan fingerprint density at radius 1 is 1.17 bits per heavy atom. The second-order valence-corrected chi connectivity index (χ2v) is 4.96. The van der Waals surface area contributed by atoms with Crippen LogP contribution in [0, 0.1) is 6.92 Å². The Morgan fingerprint density at radius 3 is 1.92 bits per heavy atom. The maximum Gasteiger partial charge on any atom is 1.00 e. The monoisotopic (exact) mass is 210 g/mol. The summed E-state index contributed by atoms with van der Waals surface area (Å²) in [6.45, 7) is 1.89. The molecule has 0 saturated heterocycles. The maximum atomic E-state index is 10.8. The average Bonchev–Trinajstić information content (AvgIpc) is 1.86. The van der Waals surface area contributed by atoms with Crippen LogP contribution in [0.4, 0.5) is 0 Å². The molecule has 0 N–H and O–H groups in total. The van der Waals surface area contributed by atoms with Gasteiger partial charge < -0.3 is 11.7 Å². The predicted molar refractivity (Wildman–Crippen MR) is 45.7 cm³/mol. The van der Waals surface area contributed by atoms with Gasteiger partial charge in [-0.05, 0) is 19.1 Å². The first kappa shape index (κ1) is 12.5. The van der Waals surface area contributed by atoms with Crippen LogP contribution in [0.2, 0.25) is 0 Å². The number of rotatable bonds is 1. The quantitative estimate of drug-likeness (QED) is 0.313. The number of benzene rings is 1. The van der Waals surface area contributed by atoms with Crippen LogP contribution in [0.5, 0.6) is 0 Å². The maximum absolute atomic E-state index is 10.8. The van der Waals surface area contributed by atoms with E-state index in [9.17, 15) is 8.42 Å². The van der Waals surface area contributed by atoms with Gasteiger partial charge in [0.1, 0.15) is 0 Å². The van der Waals surface area contributed by atoms with Crippen molar-refractivity contribution < 1.29 is 38.0 Å². The van der Waals surface area contributed by atoms with Crippen LogP contribution in [0.1, 0.15) is 5.56 Å². The molecule has 0 amide bonds. The smallest absolute Gasteiger partial charge is 0.644 e. The molecule has 0 aliphatic rings. The molecular formula is C7H7NaO2S2. The van der Waals surface area contributed by atoms with Crippen LogP contribution in [0.15, 0.2) is 29.2 Å². The summed E-state index contributed by atoms with van der Waals surface area (Å²) in [6, 6.07) is 6.47. The molecule has 2 nitrogen and oxygen atoms in total. The third-order valence-corrected chi connectivity index (χ3v) is 2.74. The largest absolute Gasteiger partial charge is 1.00 e. The van der Waals surface area contributed by atoms with E-state index in [0.29, 0.717) is 0 Å². The SMILES string of the molecule is Cc1ccc(S(=O)(=O)[S-])cc1.[Na+].